The molecule has 10 heteroatoms. The summed E-state index contributed by atoms with van der Waals surface area (Å²) in [5, 5.41) is 3.05. The third-order valence-corrected chi connectivity index (χ3v) is 14.4. The first-order valence-electron chi connectivity index (χ1n) is 29.7. The molecule has 1 amide bonds. The zero-order chi connectivity index (χ0) is 50.8. The summed E-state index contributed by atoms with van der Waals surface area (Å²) in [7, 11) is 1.51. The van der Waals surface area contributed by atoms with Gasteiger partial charge in [0.15, 0.2) is 0 Å². The molecule has 0 saturated carbocycles. The summed E-state index contributed by atoms with van der Waals surface area (Å²) in [5.41, 5.74) is 0. The Bertz CT molecular complexity index is 1240. The molecule has 0 aliphatic heterocycles. The number of likely N-dealkylation sites (N-methyl/N-ethyl adjacent to an activating group) is 1. The highest BCUT2D eigenvalue weighted by Crippen LogP contribution is 2.43. The van der Waals surface area contributed by atoms with Crippen LogP contribution in [0.3, 0.4) is 0 Å². The molecule has 0 aliphatic carbocycles. The third-order valence-electron chi connectivity index (χ3n) is 13.4. The quantitative estimate of drug-likeness (QED) is 0.0205. The first-order chi connectivity index (χ1) is 33.4. The summed E-state index contributed by atoms with van der Waals surface area (Å²) in [6.07, 6.45) is 57.3. The van der Waals surface area contributed by atoms with Gasteiger partial charge in [0.25, 0.3) is 0 Å². The van der Waals surface area contributed by atoms with Gasteiger partial charge in [0.05, 0.1) is 33.8 Å². The topological polar surface area (TPSA) is 111 Å². The van der Waals surface area contributed by atoms with Crippen LogP contribution < -0.4 is 5.32 Å². The van der Waals surface area contributed by atoms with Crippen molar-refractivity contribution in [3.05, 3.63) is 24.3 Å². The van der Waals surface area contributed by atoms with E-state index in [1.54, 1.807) is 0 Å². The maximum atomic E-state index is 13.5. The summed E-state index contributed by atoms with van der Waals surface area (Å²) in [5.74, 6) is -0.497. The maximum Gasteiger partial charge on any atom is 0.472 e. The largest absolute Gasteiger partial charge is 0.472 e. The summed E-state index contributed by atoms with van der Waals surface area (Å²) >= 11 is 0. The van der Waals surface area contributed by atoms with Crippen molar-refractivity contribution >= 4 is 19.7 Å². The average Bonchev–Trinajstić information content (AvgIpc) is 3.31. The number of phosphoric ester groups is 1. The van der Waals surface area contributed by atoms with Crippen LogP contribution in [0.1, 0.15) is 290 Å². The number of carbonyl (C=O) groups excluding carboxylic acids is 2. The zero-order valence-corrected chi connectivity index (χ0v) is 47.5. The van der Waals surface area contributed by atoms with E-state index < -0.39 is 20.0 Å². The van der Waals surface area contributed by atoms with Crippen molar-refractivity contribution in [2.75, 3.05) is 40.9 Å². The predicted octanol–water partition coefficient (Wildman–Crippen LogP) is 17.8. The van der Waals surface area contributed by atoms with E-state index in [-0.39, 0.29) is 25.1 Å². The van der Waals surface area contributed by atoms with E-state index in [1.807, 2.05) is 33.3 Å². The van der Waals surface area contributed by atoms with Crippen molar-refractivity contribution < 1.29 is 37.3 Å². The van der Waals surface area contributed by atoms with Crippen LogP contribution in [0.4, 0.5) is 0 Å². The van der Waals surface area contributed by atoms with Crippen molar-refractivity contribution in [3.8, 4) is 0 Å². The fourth-order valence-electron chi connectivity index (χ4n) is 8.76. The molecule has 0 fully saturated rings. The Morgan fingerprint density at radius 3 is 1.23 bits per heavy atom. The summed E-state index contributed by atoms with van der Waals surface area (Å²) in [6.45, 7) is 7.03. The van der Waals surface area contributed by atoms with E-state index in [1.165, 1.54) is 199 Å². The molecular weight excluding hydrogens is 880 g/mol. The normalized spacial score (nSPS) is 13.9. The second-order valence-corrected chi connectivity index (χ2v) is 23.0. The van der Waals surface area contributed by atoms with E-state index in [0.29, 0.717) is 23.9 Å². The van der Waals surface area contributed by atoms with Crippen molar-refractivity contribution in [1.29, 1.82) is 0 Å². The standard InChI is InChI=1S/C59H115N2O7P/c1-7-10-13-16-19-22-25-28-30-31-32-34-37-40-43-46-49-52-59(63)68-57(50-47-44-41-38-35-27-24-21-18-15-12-9-3)56(55-67-69(64,65)66-54-53-61(4,5)6)60-58(62)51-48-45-42-39-36-33-29-26-23-20-17-14-11-8-2/h28,30,47,50,56-57H,7-27,29,31-46,48-49,51-55H2,1-6H3,(H-,60,62,64,65)/p+1/b30-28+,50-47+. The Kier molecular flexibility index (Phi) is 48.9. The average molecular weight is 997 g/mol. The number of esters is 1. The molecule has 0 aromatic heterocycles. The number of rotatable bonds is 54. The number of quaternary nitrogens is 1. The minimum atomic E-state index is -4.44. The van der Waals surface area contributed by atoms with Crippen LogP contribution in [0.2, 0.25) is 0 Å². The van der Waals surface area contributed by atoms with Gasteiger partial charge in [-0.1, -0.05) is 244 Å². The van der Waals surface area contributed by atoms with Gasteiger partial charge in [-0.25, -0.2) is 4.57 Å². The van der Waals surface area contributed by atoms with Crippen molar-refractivity contribution in [2.45, 2.75) is 303 Å². The second kappa shape index (κ2) is 50.0. The first kappa shape index (κ1) is 67.5. The van der Waals surface area contributed by atoms with Gasteiger partial charge in [0, 0.05) is 12.8 Å². The molecule has 0 bridgehead atoms. The van der Waals surface area contributed by atoms with Crippen molar-refractivity contribution in [1.82, 2.24) is 5.32 Å². The Labute approximate surface area is 428 Å². The van der Waals surface area contributed by atoms with Gasteiger partial charge in [0.2, 0.25) is 5.91 Å². The lowest BCUT2D eigenvalue weighted by atomic mass is 10.0. The molecule has 3 atom stereocenters. The molecule has 69 heavy (non-hydrogen) atoms. The van der Waals surface area contributed by atoms with Crippen molar-refractivity contribution in [2.24, 2.45) is 0 Å². The molecule has 0 aromatic carbocycles. The highest BCUT2D eigenvalue weighted by atomic mass is 31.2. The number of phosphoric acid groups is 1. The van der Waals surface area contributed by atoms with Crippen LogP contribution in [0.15, 0.2) is 24.3 Å². The minimum Gasteiger partial charge on any atom is -0.456 e. The fourth-order valence-corrected chi connectivity index (χ4v) is 9.50. The molecule has 0 radical (unpaired) electrons. The number of unbranched alkanes of at least 4 members (excludes halogenated alkanes) is 36. The number of amides is 1. The monoisotopic (exact) mass is 996 g/mol. The first-order valence-corrected chi connectivity index (χ1v) is 31.2. The third kappa shape index (κ3) is 51.2. The van der Waals surface area contributed by atoms with Gasteiger partial charge in [-0.3, -0.25) is 18.6 Å². The number of nitrogens with one attached hydrogen (secondary N) is 1. The number of allylic oxidation sites excluding steroid dienone is 3. The Balaban J connectivity index is 5.30. The molecule has 0 saturated heterocycles. The number of hydrogen-bond donors (Lipinski definition) is 2. The maximum absolute atomic E-state index is 13.5. The van der Waals surface area contributed by atoms with Gasteiger partial charge in [-0.2, -0.15) is 0 Å². The van der Waals surface area contributed by atoms with Gasteiger partial charge in [-0.15, -0.1) is 0 Å². The molecule has 0 heterocycles. The summed E-state index contributed by atoms with van der Waals surface area (Å²) in [4.78, 5) is 37.6. The van der Waals surface area contributed by atoms with E-state index in [4.69, 9.17) is 13.8 Å². The van der Waals surface area contributed by atoms with Crippen LogP contribution in [-0.4, -0.2) is 74.3 Å². The van der Waals surface area contributed by atoms with Gasteiger partial charge >= 0.3 is 13.8 Å². The lowest BCUT2D eigenvalue weighted by Crippen LogP contribution is -2.47. The molecule has 0 spiro atoms. The van der Waals surface area contributed by atoms with Gasteiger partial charge in [-0.05, 0) is 57.4 Å². The smallest absolute Gasteiger partial charge is 0.456 e. The fraction of sp³-hybridized carbons (Fsp3) is 0.898. The minimum absolute atomic E-state index is 0.0430. The van der Waals surface area contributed by atoms with Crippen LogP contribution in [0, 0.1) is 0 Å². The lowest BCUT2D eigenvalue weighted by Gasteiger charge is -2.27. The number of carbonyl (C=O) groups is 2. The highest BCUT2D eigenvalue weighted by Gasteiger charge is 2.30. The van der Waals surface area contributed by atoms with Crippen LogP contribution in [-0.2, 0) is 27.9 Å². The molecule has 0 aliphatic rings. The summed E-state index contributed by atoms with van der Waals surface area (Å²) < 4.78 is 30.6. The Hall–Kier alpha value is -1.51. The number of ether oxygens (including phenoxy) is 1. The van der Waals surface area contributed by atoms with Crippen LogP contribution >= 0.6 is 7.82 Å². The summed E-state index contributed by atoms with van der Waals surface area (Å²) in [6, 6.07) is -0.843. The highest BCUT2D eigenvalue weighted by molar-refractivity contribution is 7.47. The molecule has 408 valence electrons. The molecular formula is C59H116N2O7P+. The van der Waals surface area contributed by atoms with E-state index in [2.05, 4.69) is 38.2 Å². The van der Waals surface area contributed by atoms with Crippen LogP contribution in [0.25, 0.3) is 0 Å². The second-order valence-electron chi connectivity index (χ2n) is 21.5. The number of nitrogens with zero attached hydrogens (tertiary/aromatic N) is 1. The molecule has 9 nitrogen and oxygen atoms in total. The van der Waals surface area contributed by atoms with E-state index in [9.17, 15) is 19.0 Å². The lowest BCUT2D eigenvalue weighted by molar-refractivity contribution is -0.870. The number of hydrogen-bond acceptors (Lipinski definition) is 6. The zero-order valence-electron chi connectivity index (χ0n) is 46.6. The SMILES string of the molecule is CCCCCCCC/C=C/CCCCCCCCCC(=O)OC(/C=C/CCCCCCCCCCCC)C(COP(=O)(O)OCC[N+](C)(C)C)NC(=O)CCCCCCCCCCCCCCCC. The molecule has 0 rings (SSSR count). The van der Waals surface area contributed by atoms with Gasteiger partial charge in [0.1, 0.15) is 19.3 Å². The Morgan fingerprint density at radius 2 is 0.841 bits per heavy atom. The van der Waals surface area contributed by atoms with E-state index in [0.717, 1.165) is 57.8 Å². The predicted molar refractivity (Wildman–Crippen MR) is 296 cm³/mol. The Morgan fingerprint density at radius 1 is 0.493 bits per heavy atom. The van der Waals surface area contributed by atoms with Crippen LogP contribution in [0.5, 0.6) is 0 Å². The molecule has 3 unspecified atom stereocenters. The van der Waals surface area contributed by atoms with Gasteiger partial charge < -0.3 is 19.4 Å². The molecule has 0 aromatic rings. The van der Waals surface area contributed by atoms with E-state index >= 15 is 0 Å². The molecule has 2 N–H and O–H groups in total. The van der Waals surface area contributed by atoms with Crippen molar-refractivity contribution in [3.63, 3.8) is 0 Å².